The van der Waals surface area contributed by atoms with Gasteiger partial charge in [-0.2, -0.15) is 0 Å². The summed E-state index contributed by atoms with van der Waals surface area (Å²) < 4.78 is 53.9. The van der Waals surface area contributed by atoms with Gasteiger partial charge in [0.1, 0.15) is 0 Å². The van der Waals surface area contributed by atoms with E-state index < -0.39 is 26.7 Å². The SMILES string of the molecule is S=P1(N=P2([S-])Oc3ccccc3O2)Oc2ccccc2O1.S=P1(N=P2([S-])Oc3ccccc3O2)Oc2ccccc2O1.[Zn+2]. The molecule has 4 aromatic carbocycles. The first-order valence-electron chi connectivity index (χ1n) is 11.9. The molecule has 19 heteroatoms. The minimum Gasteiger partial charge on any atom is -0.656 e. The van der Waals surface area contributed by atoms with E-state index in [1.165, 1.54) is 0 Å². The van der Waals surface area contributed by atoms with Gasteiger partial charge in [-0.25, -0.2) is 0 Å². The van der Waals surface area contributed by atoms with E-state index in [2.05, 4.69) is 9.03 Å². The summed E-state index contributed by atoms with van der Waals surface area (Å²) in [6.07, 6.45) is 0. The summed E-state index contributed by atoms with van der Waals surface area (Å²) in [5, 5.41) is 0. The maximum absolute atomic E-state index is 5.66. The van der Waals surface area contributed by atoms with Crippen LogP contribution in [0, 0.1) is 0 Å². The predicted molar refractivity (Wildman–Crippen MR) is 173 cm³/mol. The topological polar surface area (TPSA) is 98.6 Å². The summed E-state index contributed by atoms with van der Waals surface area (Å²) in [5.41, 5.74) is 0. The van der Waals surface area contributed by atoms with Gasteiger partial charge in [0.25, 0.3) is 0 Å². The molecule has 0 saturated heterocycles. The van der Waals surface area contributed by atoms with Crippen LogP contribution in [0.3, 0.4) is 0 Å². The van der Waals surface area contributed by atoms with E-state index in [1.807, 2.05) is 48.5 Å². The third-order valence-corrected chi connectivity index (χ3v) is 16.9. The van der Waals surface area contributed by atoms with Gasteiger partial charge in [-0.15, -0.1) is 9.03 Å². The van der Waals surface area contributed by atoms with Crippen molar-refractivity contribution in [3.63, 3.8) is 0 Å². The molecule has 4 aromatic rings. The fourth-order valence-corrected chi connectivity index (χ4v) is 16.8. The summed E-state index contributed by atoms with van der Waals surface area (Å²) in [4.78, 5) is 0. The molecule has 0 radical (unpaired) electrons. The average Bonchev–Trinajstić information content (AvgIpc) is 3.65. The minimum absolute atomic E-state index is 0. The molecule has 0 N–H and O–H groups in total. The van der Waals surface area contributed by atoms with Crippen molar-refractivity contribution in [3.8, 4) is 46.0 Å². The Morgan fingerprint density at radius 2 is 0.581 bits per heavy atom. The van der Waals surface area contributed by atoms with Gasteiger partial charge in [0.2, 0.25) is 0 Å². The number of nitrogens with zero attached hydrogens (tertiary/aromatic N) is 2. The molecule has 216 valence electrons. The van der Waals surface area contributed by atoms with Crippen LogP contribution in [0.25, 0.3) is 0 Å². The quantitative estimate of drug-likeness (QED) is 0.110. The maximum Gasteiger partial charge on any atom is 2.00 e. The Kier molecular flexibility index (Phi) is 8.71. The van der Waals surface area contributed by atoms with Gasteiger partial charge in [-0.1, -0.05) is 48.5 Å². The normalized spacial score (nSPS) is 18.8. The first kappa shape index (κ1) is 31.4. The Balaban J connectivity index is 0.000000150. The van der Waals surface area contributed by atoms with Crippen molar-refractivity contribution in [2.45, 2.75) is 0 Å². The van der Waals surface area contributed by atoms with Crippen LogP contribution >= 0.6 is 26.7 Å². The third-order valence-electron chi connectivity index (χ3n) is 5.54. The van der Waals surface area contributed by atoms with Crippen LogP contribution in [0.1, 0.15) is 0 Å². The van der Waals surface area contributed by atoms with E-state index in [4.69, 9.17) is 84.3 Å². The van der Waals surface area contributed by atoms with E-state index in [-0.39, 0.29) is 19.5 Å². The van der Waals surface area contributed by atoms with Crippen molar-refractivity contribution in [3.05, 3.63) is 97.1 Å². The van der Waals surface area contributed by atoms with E-state index >= 15 is 0 Å². The predicted octanol–water partition coefficient (Wildman–Crippen LogP) is 9.29. The second-order valence-corrected chi connectivity index (χ2v) is 20.7. The Labute approximate surface area is 280 Å². The minimum atomic E-state index is -2.94. The van der Waals surface area contributed by atoms with Crippen LogP contribution in [-0.2, 0) is 67.6 Å². The summed E-state index contributed by atoms with van der Waals surface area (Å²) >= 11 is 21.6. The van der Waals surface area contributed by atoms with E-state index in [0.29, 0.717) is 46.0 Å². The fourth-order valence-electron chi connectivity index (χ4n) is 3.89. The van der Waals surface area contributed by atoms with E-state index in [9.17, 15) is 0 Å². The Hall–Kier alpha value is -1.64. The summed E-state index contributed by atoms with van der Waals surface area (Å²) in [5.74, 6) is 4.58. The molecule has 0 aliphatic carbocycles. The van der Waals surface area contributed by atoms with E-state index in [1.54, 1.807) is 48.5 Å². The van der Waals surface area contributed by atoms with Gasteiger partial charge in [0, 0.05) is 23.6 Å². The monoisotopic (exact) mass is 776 g/mol. The number of rotatable bonds is 2. The Morgan fingerprint density at radius 1 is 0.395 bits per heavy atom. The number of para-hydroxylation sites is 8. The van der Waals surface area contributed by atoms with Crippen LogP contribution in [-0.4, -0.2) is 0 Å². The van der Waals surface area contributed by atoms with Crippen LogP contribution in [0.15, 0.2) is 106 Å². The van der Waals surface area contributed by atoms with Gasteiger partial charge in [-0.05, 0) is 48.5 Å². The molecule has 0 fully saturated rings. The fraction of sp³-hybridized carbons (Fsp3) is 0. The Morgan fingerprint density at radius 3 is 0.791 bits per heavy atom. The van der Waals surface area contributed by atoms with Crippen LogP contribution < -0.4 is 36.2 Å². The zero-order valence-electron chi connectivity index (χ0n) is 21.5. The van der Waals surface area contributed by atoms with Crippen LogP contribution in [0.2, 0.25) is 0 Å². The smallest absolute Gasteiger partial charge is 0.656 e. The molecule has 0 aromatic heterocycles. The number of hydrogen-bond donors (Lipinski definition) is 0. The van der Waals surface area contributed by atoms with Crippen LogP contribution in [0.5, 0.6) is 46.0 Å². The van der Waals surface area contributed by atoms with Gasteiger partial charge in [0.05, 0.1) is 0 Å². The van der Waals surface area contributed by atoms with Crippen molar-refractivity contribution in [2.75, 3.05) is 0 Å². The molecule has 0 bridgehead atoms. The van der Waals surface area contributed by atoms with E-state index in [0.717, 1.165) is 0 Å². The van der Waals surface area contributed by atoms with Crippen LogP contribution in [0.4, 0.5) is 0 Å². The van der Waals surface area contributed by atoms with Crippen molar-refractivity contribution >= 4 is 74.8 Å². The second-order valence-electron chi connectivity index (χ2n) is 8.57. The molecule has 0 amide bonds. The molecule has 4 heterocycles. The van der Waals surface area contributed by atoms with Gasteiger partial charge in [-0.3, -0.25) is 0 Å². The molecular weight excluding hydrogens is 762 g/mol. The summed E-state index contributed by atoms with van der Waals surface area (Å²) in [7, 11) is 0. The number of fused-ring (bicyclic) bond motifs is 4. The third kappa shape index (κ3) is 6.67. The van der Waals surface area contributed by atoms with Crippen molar-refractivity contribution in [1.29, 1.82) is 0 Å². The molecule has 8 rings (SSSR count). The van der Waals surface area contributed by atoms with Gasteiger partial charge >= 0.3 is 32.8 Å². The molecule has 0 unspecified atom stereocenters. The standard InChI is InChI=1S/2C12H8NO4P2S2.Zn/c2*20-18(14-9-5-1-2-6-10(9)15-18)13-19(21)16-11-7-3-4-8-12(11)17-19;/h2*1-8H;/q2*-1;+2. The summed E-state index contributed by atoms with van der Waals surface area (Å²) in [6.45, 7) is -11.8. The van der Waals surface area contributed by atoms with Crippen molar-refractivity contribution in [2.24, 2.45) is 9.03 Å². The largest absolute Gasteiger partial charge is 2.00 e. The molecule has 0 spiro atoms. The first-order valence-corrected chi connectivity index (χ1v) is 22.3. The first-order chi connectivity index (χ1) is 20.1. The van der Waals surface area contributed by atoms with Gasteiger partial charge < -0.3 is 60.7 Å². The number of hydrogen-bond acceptors (Lipinski definition) is 12. The molecule has 4 aliphatic rings. The zero-order chi connectivity index (χ0) is 29.0. The second kappa shape index (κ2) is 11.9. The molecule has 10 nitrogen and oxygen atoms in total. The zero-order valence-corrected chi connectivity index (χ0v) is 31.3. The molecular formula is C24H16N2O8P4S4Zn. The molecule has 0 atom stereocenters. The van der Waals surface area contributed by atoms with Crippen molar-refractivity contribution in [1.82, 2.24) is 0 Å². The molecule has 0 saturated carbocycles. The van der Waals surface area contributed by atoms with Crippen molar-refractivity contribution < 1.29 is 55.7 Å². The molecule has 43 heavy (non-hydrogen) atoms. The summed E-state index contributed by atoms with van der Waals surface area (Å²) in [6, 6.07) is 28.9. The maximum atomic E-state index is 5.66. The van der Waals surface area contributed by atoms with Gasteiger partial charge in [0.15, 0.2) is 59.4 Å². The Bertz CT molecular complexity index is 1710. The number of benzene rings is 4. The molecule has 4 aliphatic heterocycles. The average molecular weight is 778 g/mol.